The van der Waals surface area contributed by atoms with Gasteiger partial charge < -0.3 is 14.8 Å². The highest BCUT2D eigenvalue weighted by atomic mass is 16.2. The number of nitrogens with zero attached hydrogens (tertiary/aromatic N) is 2. The minimum absolute atomic E-state index is 0.00456. The predicted octanol–water partition coefficient (Wildman–Crippen LogP) is 5.04. The summed E-state index contributed by atoms with van der Waals surface area (Å²) in [5.74, 6) is 0.388. The molecule has 34 heavy (non-hydrogen) atoms. The van der Waals surface area contributed by atoms with E-state index in [9.17, 15) is 9.59 Å². The second-order valence-electron chi connectivity index (χ2n) is 10.5. The molecule has 3 unspecified atom stereocenters. The van der Waals surface area contributed by atoms with E-state index in [0.29, 0.717) is 0 Å². The Hall–Kier alpha value is -3.08. The molecule has 178 valence electrons. The van der Waals surface area contributed by atoms with Crippen LogP contribution >= 0.6 is 0 Å². The van der Waals surface area contributed by atoms with E-state index >= 15 is 0 Å². The number of hydrogen-bond donors (Lipinski definition) is 1. The van der Waals surface area contributed by atoms with Gasteiger partial charge in [0.2, 0.25) is 11.8 Å². The SMILES string of the molecule is CC(C(=O)N1CCC2(CC1)CC(C(=O)N(C)C)c1ccccc12)C(C)c1c[nH]c2ccccc12. The summed E-state index contributed by atoms with van der Waals surface area (Å²) in [5.41, 5.74) is 4.82. The number of aromatic nitrogens is 1. The quantitative estimate of drug-likeness (QED) is 0.597. The minimum Gasteiger partial charge on any atom is -0.361 e. The molecule has 5 nitrogen and oxygen atoms in total. The molecule has 1 spiro atoms. The van der Waals surface area contributed by atoms with Crippen LogP contribution in [0.25, 0.3) is 10.9 Å². The van der Waals surface area contributed by atoms with Crippen molar-refractivity contribution in [1.82, 2.24) is 14.8 Å². The molecule has 1 aliphatic carbocycles. The molecule has 5 rings (SSSR count). The highest BCUT2D eigenvalue weighted by molar-refractivity contribution is 5.86. The van der Waals surface area contributed by atoms with Gasteiger partial charge in [-0.3, -0.25) is 9.59 Å². The average molecular weight is 458 g/mol. The number of aromatic amines is 1. The fraction of sp³-hybridized carbons (Fsp3) is 0.448. The Morgan fingerprint density at radius 1 is 1.03 bits per heavy atom. The van der Waals surface area contributed by atoms with Crippen LogP contribution in [0.4, 0.5) is 0 Å². The molecule has 0 bridgehead atoms. The van der Waals surface area contributed by atoms with Gasteiger partial charge in [0, 0.05) is 55.6 Å². The van der Waals surface area contributed by atoms with Gasteiger partial charge in [-0.15, -0.1) is 0 Å². The van der Waals surface area contributed by atoms with Gasteiger partial charge >= 0.3 is 0 Å². The lowest BCUT2D eigenvalue weighted by Gasteiger charge is -2.41. The molecule has 1 N–H and O–H groups in total. The summed E-state index contributed by atoms with van der Waals surface area (Å²) in [7, 11) is 3.68. The van der Waals surface area contributed by atoms with E-state index < -0.39 is 0 Å². The highest BCUT2D eigenvalue weighted by Gasteiger charge is 2.48. The van der Waals surface area contributed by atoms with Crippen LogP contribution in [0.2, 0.25) is 0 Å². The number of nitrogens with one attached hydrogen (secondary N) is 1. The van der Waals surface area contributed by atoms with E-state index in [0.717, 1.165) is 37.9 Å². The number of likely N-dealkylation sites (N-methyl/N-ethyl adjacent to an activating group) is 1. The van der Waals surface area contributed by atoms with Gasteiger partial charge in [0.25, 0.3) is 0 Å². The van der Waals surface area contributed by atoms with Gasteiger partial charge in [-0.05, 0) is 47.9 Å². The maximum atomic E-state index is 13.5. The molecular weight excluding hydrogens is 422 g/mol. The first-order valence-electron chi connectivity index (χ1n) is 12.5. The van der Waals surface area contributed by atoms with E-state index in [1.807, 2.05) is 26.2 Å². The van der Waals surface area contributed by atoms with Gasteiger partial charge in [0.05, 0.1) is 5.92 Å². The summed E-state index contributed by atoms with van der Waals surface area (Å²) in [6.07, 6.45) is 4.75. The first-order valence-corrected chi connectivity index (χ1v) is 12.5. The van der Waals surface area contributed by atoms with Crippen molar-refractivity contribution >= 4 is 22.7 Å². The smallest absolute Gasteiger partial charge is 0.229 e. The Morgan fingerprint density at radius 2 is 1.71 bits per heavy atom. The molecule has 1 fully saturated rings. The summed E-state index contributed by atoms with van der Waals surface area (Å²) < 4.78 is 0. The molecular formula is C29H35N3O2. The van der Waals surface area contributed by atoms with E-state index in [1.165, 1.54) is 22.1 Å². The Balaban J connectivity index is 1.31. The standard InChI is InChI=1S/C29H35N3O2/c1-19(24-18-30-26-12-8-6-10-22(24)26)20(2)27(33)32-15-13-29(14-16-32)17-23(28(34)31(3)4)21-9-5-7-11-25(21)29/h5-12,18-20,23,30H,13-17H2,1-4H3. The summed E-state index contributed by atoms with van der Waals surface area (Å²) in [5, 5.41) is 1.20. The Kier molecular flexibility index (Phi) is 5.75. The van der Waals surface area contributed by atoms with Crippen molar-refractivity contribution in [1.29, 1.82) is 0 Å². The lowest BCUT2D eigenvalue weighted by atomic mass is 9.73. The Labute approximate surface area is 202 Å². The van der Waals surface area contributed by atoms with Crippen LogP contribution in [0.15, 0.2) is 54.7 Å². The zero-order valence-corrected chi connectivity index (χ0v) is 20.7. The second-order valence-corrected chi connectivity index (χ2v) is 10.5. The molecule has 3 atom stereocenters. The average Bonchev–Trinajstić information content (AvgIpc) is 3.43. The maximum Gasteiger partial charge on any atom is 0.229 e. The number of hydrogen-bond acceptors (Lipinski definition) is 2. The molecule has 3 aromatic rings. The Bertz CT molecular complexity index is 1220. The number of benzene rings is 2. The topological polar surface area (TPSA) is 56.4 Å². The van der Waals surface area contributed by atoms with Gasteiger partial charge in [0.15, 0.2) is 0 Å². The third-order valence-corrected chi connectivity index (χ3v) is 8.52. The predicted molar refractivity (Wildman–Crippen MR) is 136 cm³/mol. The third-order valence-electron chi connectivity index (χ3n) is 8.52. The maximum absolute atomic E-state index is 13.5. The largest absolute Gasteiger partial charge is 0.361 e. The molecule has 1 aliphatic heterocycles. The molecule has 1 saturated heterocycles. The van der Waals surface area contributed by atoms with Crippen molar-refractivity contribution in [2.24, 2.45) is 5.92 Å². The lowest BCUT2D eigenvalue weighted by Crippen LogP contribution is -2.47. The number of piperidine rings is 1. The van der Waals surface area contributed by atoms with Crippen LogP contribution in [0, 0.1) is 5.92 Å². The summed E-state index contributed by atoms with van der Waals surface area (Å²) in [6.45, 7) is 5.73. The van der Waals surface area contributed by atoms with Gasteiger partial charge in [-0.25, -0.2) is 0 Å². The van der Waals surface area contributed by atoms with E-state index in [1.54, 1.807) is 4.90 Å². The first-order chi connectivity index (χ1) is 16.3. The van der Waals surface area contributed by atoms with Crippen LogP contribution in [0.3, 0.4) is 0 Å². The Morgan fingerprint density at radius 3 is 2.44 bits per heavy atom. The molecule has 0 saturated carbocycles. The number of likely N-dealkylation sites (tertiary alicyclic amines) is 1. The minimum atomic E-state index is -0.0906. The lowest BCUT2D eigenvalue weighted by molar-refractivity contribution is -0.137. The number of carbonyl (C=O) groups excluding carboxylic acids is 2. The van der Waals surface area contributed by atoms with Gasteiger partial charge in [0.1, 0.15) is 0 Å². The monoisotopic (exact) mass is 457 g/mol. The number of para-hydroxylation sites is 1. The van der Waals surface area contributed by atoms with Gasteiger partial charge in [-0.2, -0.15) is 0 Å². The summed E-state index contributed by atoms with van der Waals surface area (Å²) in [6, 6.07) is 16.8. The summed E-state index contributed by atoms with van der Waals surface area (Å²) >= 11 is 0. The fourth-order valence-electron chi connectivity index (χ4n) is 6.30. The number of fused-ring (bicyclic) bond motifs is 3. The van der Waals surface area contributed by atoms with Crippen LogP contribution in [0.1, 0.15) is 61.6 Å². The molecule has 2 aliphatic rings. The zero-order chi connectivity index (χ0) is 24.0. The normalized spacial score (nSPS) is 20.8. The molecule has 2 amide bonds. The van der Waals surface area contributed by atoms with E-state index in [4.69, 9.17) is 0 Å². The first kappa shape index (κ1) is 22.7. The van der Waals surface area contributed by atoms with Crippen molar-refractivity contribution in [3.8, 4) is 0 Å². The van der Waals surface area contributed by atoms with Crippen molar-refractivity contribution in [3.05, 3.63) is 71.4 Å². The van der Waals surface area contributed by atoms with Crippen molar-refractivity contribution in [3.63, 3.8) is 0 Å². The number of carbonyl (C=O) groups is 2. The van der Waals surface area contributed by atoms with Crippen LogP contribution in [-0.4, -0.2) is 53.8 Å². The third kappa shape index (κ3) is 3.62. The van der Waals surface area contributed by atoms with E-state index in [2.05, 4.69) is 66.3 Å². The van der Waals surface area contributed by atoms with Crippen molar-refractivity contribution in [2.45, 2.75) is 50.4 Å². The molecule has 0 radical (unpaired) electrons. The van der Waals surface area contributed by atoms with Crippen molar-refractivity contribution in [2.75, 3.05) is 27.2 Å². The van der Waals surface area contributed by atoms with Crippen LogP contribution < -0.4 is 0 Å². The summed E-state index contributed by atoms with van der Waals surface area (Å²) in [4.78, 5) is 33.6. The molecule has 2 aromatic carbocycles. The number of H-pyrrole nitrogens is 1. The van der Waals surface area contributed by atoms with Gasteiger partial charge in [-0.1, -0.05) is 56.3 Å². The highest BCUT2D eigenvalue weighted by Crippen LogP contribution is 2.52. The molecule has 2 heterocycles. The number of amides is 2. The second kappa shape index (κ2) is 8.61. The zero-order valence-electron chi connectivity index (χ0n) is 20.7. The molecule has 1 aromatic heterocycles. The fourth-order valence-corrected chi connectivity index (χ4v) is 6.30. The number of rotatable bonds is 4. The van der Waals surface area contributed by atoms with Crippen LogP contribution in [0.5, 0.6) is 0 Å². The van der Waals surface area contributed by atoms with E-state index in [-0.39, 0.29) is 35.0 Å². The van der Waals surface area contributed by atoms with Crippen LogP contribution in [-0.2, 0) is 15.0 Å². The van der Waals surface area contributed by atoms with Crippen molar-refractivity contribution < 1.29 is 9.59 Å². The molecule has 5 heteroatoms.